The van der Waals surface area contributed by atoms with Gasteiger partial charge < -0.3 is 15.0 Å². The Morgan fingerprint density at radius 2 is 1.84 bits per heavy atom. The third-order valence-electron chi connectivity index (χ3n) is 5.00. The lowest BCUT2D eigenvalue weighted by Crippen LogP contribution is -2.53. The molecule has 0 bridgehead atoms. The zero-order valence-corrected chi connectivity index (χ0v) is 16.3. The molecular formula is C16H32N4O4S. The molecule has 2 rings (SSSR count). The number of hydrogen-bond donors (Lipinski definition) is 1. The molecule has 1 unspecified atom stereocenters. The number of ether oxygens (including phenoxy) is 1. The molecule has 146 valence electrons. The SMILES string of the molecule is CCN(CC)CCNC(=O)C1CCCN(S(=O)(=O)N2CCOCC2)C1. The second kappa shape index (κ2) is 9.82. The van der Waals surface area contributed by atoms with Gasteiger partial charge in [0.1, 0.15) is 0 Å². The molecule has 0 radical (unpaired) electrons. The third kappa shape index (κ3) is 5.62. The summed E-state index contributed by atoms with van der Waals surface area (Å²) < 4.78 is 33.7. The minimum absolute atomic E-state index is 0.0333. The van der Waals surface area contributed by atoms with Crippen LogP contribution >= 0.6 is 0 Å². The smallest absolute Gasteiger partial charge is 0.282 e. The molecule has 0 spiro atoms. The molecule has 1 amide bonds. The zero-order valence-electron chi connectivity index (χ0n) is 15.4. The van der Waals surface area contributed by atoms with Gasteiger partial charge in [0, 0.05) is 39.3 Å². The number of carbonyl (C=O) groups excluding carboxylic acids is 1. The fourth-order valence-electron chi connectivity index (χ4n) is 3.33. The van der Waals surface area contributed by atoms with Gasteiger partial charge in [-0.25, -0.2) is 0 Å². The van der Waals surface area contributed by atoms with Gasteiger partial charge in [0.05, 0.1) is 19.1 Å². The van der Waals surface area contributed by atoms with Crippen molar-refractivity contribution in [1.82, 2.24) is 18.8 Å². The Bertz CT molecular complexity index is 518. The predicted molar refractivity (Wildman–Crippen MR) is 96.4 cm³/mol. The number of carbonyl (C=O) groups is 1. The Balaban J connectivity index is 1.86. The van der Waals surface area contributed by atoms with E-state index in [1.54, 1.807) is 0 Å². The molecule has 2 aliphatic heterocycles. The average molecular weight is 377 g/mol. The maximum absolute atomic E-state index is 12.7. The van der Waals surface area contributed by atoms with Crippen LogP contribution in [0.25, 0.3) is 0 Å². The van der Waals surface area contributed by atoms with Crippen LogP contribution in [-0.2, 0) is 19.7 Å². The molecule has 8 nitrogen and oxygen atoms in total. The van der Waals surface area contributed by atoms with E-state index in [0.717, 1.165) is 32.5 Å². The lowest BCUT2D eigenvalue weighted by Gasteiger charge is -2.36. The first-order valence-corrected chi connectivity index (χ1v) is 10.7. The summed E-state index contributed by atoms with van der Waals surface area (Å²) >= 11 is 0. The maximum atomic E-state index is 12.7. The number of amides is 1. The van der Waals surface area contributed by atoms with E-state index in [9.17, 15) is 13.2 Å². The second-order valence-electron chi connectivity index (χ2n) is 6.53. The highest BCUT2D eigenvalue weighted by Crippen LogP contribution is 2.22. The van der Waals surface area contributed by atoms with E-state index < -0.39 is 10.2 Å². The molecule has 2 saturated heterocycles. The number of likely N-dealkylation sites (N-methyl/N-ethyl adjacent to an activating group) is 1. The Morgan fingerprint density at radius 3 is 2.48 bits per heavy atom. The Hall–Kier alpha value is -0.740. The van der Waals surface area contributed by atoms with Gasteiger partial charge in [-0.05, 0) is 25.9 Å². The molecule has 0 aromatic carbocycles. The van der Waals surface area contributed by atoms with Crippen LogP contribution in [0, 0.1) is 5.92 Å². The van der Waals surface area contributed by atoms with Crippen molar-refractivity contribution in [2.24, 2.45) is 5.92 Å². The van der Waals surface area contributed by atoms with E-state index in [1.807, 2.05) is 0 Å². The van der Waals surface area contributed by atoms with Crippen molar-refractivity contribution >= 4 is 16.1 Å². The predicted octanol–water partition coefficient (Wildman–Crippen LogP) is -0.267. The minimum Gasteiger partial charge on any atom is -0.379 e. The average Bonchev–Trinajstić information content (AvgIpc) is 2.66. The van der Waals surface area contributed by atoms with E-state index >= 15 is 0 Å². The summed E-state index contributed by atoms with van der Waals surface area (Å²) in [4.78, 5) is 14.7. The van der Waals surface area contributed by atoms with E-state index in [-0.39, 0.29) is 18.4 Å². The molecule has 2 aliphatic rings. The van der Waals surface area contributed by atoms with Crippen LogP contribution in [0.5, 0.6) is 0 Å². The number of morpholine rings is 1. The number of hydrogen-bond acceptors (Lipinski definition) is 5. The molecule has 25 heavy (non-hydrogen) atoms. The molecule has 1 N–H and O–H groups in total. The van der Waals surface area contributed by atoms with Gasteiger partial charge in [0.2, 0.25) is 5.91 Å². The van der Waals surface area contributed by atoms with Crippen LogP contribution in [-0.4, -0.2) is 93.4 Å². The van der Waals surface area contributed by atoms with Crippen LogP contribution in [0.15, 0.2) is 0 Å². The summed E-state index contributed by atoms with van der Waals surface area (Å²) in [6, 6.07) is 0. The Kier molecular flexibility index (Phi) is 8.08. The van der Waals surface area contributed by atoms with Gasteiger partial charge >= 0.3 is 0 Å². The Morgan fingerprint density at radius 1 is 1.16 bits per heavy atom. The monoisotopic (exact) mass is 376 g/mol. The molecule has 1 atom stereocenters. The zero-order chi connectivity index (χ0) is 18.3. The first kappa shape index (κ1) is 20.6. The van der Waals surface area contributed by atoms with Gasteiger partial charge in [0.25, 0.3) is 10.2 Å². The lowest BCUT2D eigenvalue weighted by molar-refractivity contribution is -0.126. The second-order valence-corrected chi connectivity index (χ2v) is 8.46. The molecule has 2 heterocycles. The fourth-order valence-corrected chi connectivity index (χ4v) is 4.99. The summed E-state index contributed by atoms with van der Waals surface area (Å²) in [6.07, 6.45) is 1.46. The Labute approximate surface area is 151 Å². The van der Waals surface area contributed by atoms with Crippen LogP contribution in [0.3, 0.4) is 0 Å². The van der Waals surface area contributed by atoms with Gasteiger partial charge in [-0.3, -0.25) is 4.79 Å². The van der Waals surface area contributed by atoms with Gasteiger partial charge in [-0.2, -0.15) is 17.0 Å². The van der Waals surface area contributed by atoms with Crippen LogP contribution in [0.1, 0.15) is 26.7 Å². The van der Waals surface area contributed by atoms with Gasteiger partial charge in [-0.15, -0.1) is 0 Å². The van der Waals surface area contributed by atoms with E-state index in [2.05, 4.69) is 24.1 Å². The molecule has 0 aromatic rings. The quantitative estimate of drug-likeness (QED) is 0.631. The van der Waals surface area contributed by atoms with Crippen molar-refractivity contribution < 1.29 is 17.9 Å². The highest BCUT2D eigenvalue weighted by atomic mass is 32.2. The number of nitrogens with zero attached hydrogens (tertiary/aromatic N) is 3. The van der Waals surface area contributed by atoms with Crippen molar-refractivity contribution in [2.75, 3.05) is 65.6 Å². The molecule has 0 aliphatic carbocycles. The molecular weight excluding hydrogens is 344 g/mol. The highest BCUT2D eigenvalue weighted by Gasteiger charge is 2.36. The van der Waals surface area contributed by atoms with Gasteiger partial charge in [0.15, 0.2) is 0 Å². The topological polar surface area (TPSA) is 82.2 Å². The van der Waals surface area contributed by atoms with Crippen LogP contribution < -0.4 is 5.32 Å². The van der Waals surface area contributed by atoms with Crippen LogP contribution in [0.4, 0.5) is 0 Å². The summed E-state index contributed by atoms with van der Waals surface area (Å²) in [5.41, 5.74) is 0. The number of nitrogens with one attached hydrogen (secondary N) is 1. The van der Waals surface area contributed by atoms with Crippen LogP contribution in [0.2, 0.25) is 0 Å². The first-order chi connectivity index (χ1) is 12.0. The van der Waals surface area contributed by atoms with Crippen molar-refractivity contribution in [1.29, 1.82) is 0 Å². The summed E-state index contributed by atoms with van der Waals surface area (Å²) in [5.74, 6) is -0.296. The summed E-state index contributed by atoms with van der Waals surface area (Å²) in [6.45, 7) is 9.95. The number of piperidine rings is 1. The van der Waals surface area contributed by atoms with Gasteiger partial charge in [-0.1, -0.05) is 13.8 Å². The highest BCUT2D eigenvalue weighted by molar-refractivity contribution is 7.86. The lowest BCUT2D eigenvalue weighted by atomic mass is 9.99. The first-order valence-electron chi connectivity index (χ1n) is 9.32. The normalized spacial score (nSPS) is 23.7. The standard InChI is InChI=1S/C16H32N4O4S/c1-3-18(4-2)9-7-17-16(21)15-6-5-8-20(14-15)25(22,23)19-10-12-24-13-11-19/h15H,3-14H2,1-2H3,(H,17,21). The minimum atomic E-state index is -3.49. The summed E-state index contributed by atoms with van der Waals surface area (Å²) in [5, 5.41) is 2.97. The number of rotatable bonds is 8. The third-order valence-corrected chi connectivity index (χ3v) is 7.00. The van der Waals surface area contributed by atoms with E-state index in [4.69, 9.17) is 4.74 Å². The van der Waals surface area contributed by atoms with Crippen molar-refractivity contribution in [3.8, 4) is 0 Å². The molecule has 0 aromatic heterocycles. The molecule has 2 fully saturated rings. The van der Waals surface area contributed by atoms with Crippen molar-refractivity contribution in [2.45, 2.75) is 26.7 Å². The van der Waals surface area contributed by atoms with Crippen molar-refractivity contribution in [3.05, 3.63) is 0 Å². The van der Waals surface area contributed by atoms with E-state index in [1.165, 1.54) is 8.61 Å². The maximum Gasteiger partial charge on any atom is 0.282 e. The molecule has 9 heteroatoms. The van der Waals surface area contributed by atoms with Crippen molar-refractivity contribution in [3.63, 3.8) is 0 Å². The largest absolute Gasteiger partial charge is 0.379 e. The fraction of sp³-hybridized carbons (Fsp3) is 0.938. The summed E-state index contributed by atoms with van der Waals surface area (Å²) in [7, 11) is -3.49. The molecule has 0 saturated carbocycles. The van der Waals surface area contributed by atoms with E-state index in [0.29, 0.717) is 39.4 Å².